The molecule has 2 rings (SSSR count). The number of hydrogen-bond acceptors (Lipinski definition) is 3. The summed E-state index contributed by atoms with van der Waals surface area (Å²) >= 11 is 0. The highest BCUT2D eigenvalue weighted by Crippen LogP contribution is 2.15. The first-order valence-electron chi connectivity index (χ1n) is 7.03. The minimum Gasteiger partial charge on any atom is -0.469 e. The maximum Gasteiger partial charge on any atom is 0.105 e. The quantitative estimate of drug-likeness (QED) is 0.779. The van der Waals surface area contributed by atoms with Crippen LogP contribution in [0.5, 0.6) is 0 Å². The molecule has 104 valence electrons. The molecule has 0 unspecified atom stereocenters. The Morgan fingerprint density at radius 2 is 2.16 bits per heavy atom. The Labute approximate surface area is 114 Å². The van der Waals surface area contributed by atoms with Gasteiger partial charge in [-0.25, -0.2) is 0 Å². The molecule has 2 aromatic heterocycles. The zero-order valence-corrected chi connectivity index (χ0v) is 12.1. The van der Waals surface area contributed by atoms with E-state index in [4.69, 9.17) is 4.42 Å². The maximum absolute atomic E-state index is 5.32. The SMILES string of the molecule is CCc1nn(C)c(CC)c1CNCCc1ccco1. The van der Waals surface area contributed by atoms with Crippen LogP contribution in [-0.2, 0) is 32.9 Å². The van der Waals surface area contributed by atoms with Gasteiger partial charge in [0.25, 0.3) is 0 Å². The van der Waals surface area contributed by atoms with Gasteiger partial charge in [-0.05, 0) is 25.0 Å². The van der Waals surface area contributed by atoms with E-state index in [0.29, 0.717) is 0 Å². The van der Waals surface area contributed by atoms with E-state index in [-0.39, 0.29) is 0 Å². The number of rotatable bonds is 7. The summed E-state index contributed by atoms with van der Waals surface area (Å²) in [5.74, 6) is 1.03. The summed E-state index contributed by atoms with van der Waals surface area (Å²) < 4.78 is 7.34. The topological polar surface area (TPSA) is 43.0 Å². The Morgan fingerprint density at radius 1 is 1.32 bits per heavy atom. The average molecular weight is 261 g/mol. The largest absolute Gasteiger partial charge is 0.469 e. The summed E-state index contributed by atoms with van der Waals surface area (Å²) in [7, 11) is 2.03. The number of hydrogen-bond donors (Lipinski definition) is 1. The number of aromatic nitrogens is 2. The Bertz CT molecular complexity index is 500. The van der Waals surface area contributed by atoms with E-state index < -0.39 is 0 Å². The fraction of sp³-hybridized carbons (Fsp3) is 0.533. The van der Waals surface area contributed by atoms with Gasteiger partial charge >= 0.3 is 0 Å². The molecule has 0 atom stereocenters. The molecule has 0 aliphatic rings. The Kier molecular flexibility index (Phi) is 4.80. The van der Waals surface area contributed by atoms with Crippen molar-refractivity contribution in [3.8, 4) is 0 Å². The van der Waals surface area contributed by atoms with Crippen LogP contribution in [-0.4, -0.2) is 16.3 Å². The number of nitrogens with one attached hydrogen (secondary N) is 1. The van der Waals surface area contributed by atoms with Gasteiger partial charge < -0.3 is 9.73 Å². The molecule has 0 radical (unpaired) electrons. The van der Waals surface area contributed by atoms with Crippen LogP contribution in [0, 0.1) is 0 Å². The molecule has 0 bridgehead atoms. The van der Waals surface area contributed by atoms with Gasteiger partial charge in [-0.1, -0.05) is 13.8 Å². The van der Waals surface area contributed by atoms with Gasteiger partial charge in [0.15, 0.2) is 0 Å². The monoisotopic (exact) mass is 261 g/mol. The molecule has 0 saturated carbocycles. The van der Waals surface area contributed by atoms with Crippen molar-refractivity contribution < 1.29 is 4.42 Å². The second-order valence-corrected chi connectivity index (χ2v) is 4.71. The molecule has 1 N–H and O–H groups in total. The van der Waals surface area contributed by atoms with Crippen molar-refractivity contribution in [2.45, 2.75) is 39.7 Å². The summed E-state index contributed by atoms with van der Waals surface area (Å²) in [5.41, 5.74) is 3.92. The molecule has 0 fully saturated rings. The summed E-state index contributed by atoms with van der Waals surface area (Å²) in [6, 6.07) is 3.95. The van der Waals surface area contributed by atoms with Crippen LogP contribution in [0.2, 0.25) is 0 Å². The lowest BCUT2D eigenvalue weighted by Crippen LogP contribution is -2.18. The van der Waals surface area contributed by atoms with Gasteiger partial charge in [-0.3, -0.25) is 4.68 Å². The highest BCUT2D eigenvalue weighted by molar-refractivity contribution is 5.26. The van der Waals surface area contributed by atoms with Crippen LogP contribution in [0.1, 0.15) is 36.6 Å². The Hall–Kier alpha value is -1.55. The maximum atomic E-state index is 5.32. The second-order valence-electron chi connectivity index (χ2n) is 4.71. The minimum absolute atomic E-state index is 0.890. The van der Waals surface area contributed by atoms with E-state index >= 15 is 0 Å². The predicted octanol–water partition coefficient (Wildman–Crippen LogP) is 2.47. The van der Waals surface area contributed by atoms with E-state index in [0.717, 1.165) is 38.1 Å². The van der Waals surface area contributed by atoms with Crippen molar-refractivity contribution >= 4 is 0 Å². The molecule has 4 nitrogen and oxygen atoms in total. The fourth-order valence-corrected chi connectivity index (χ4v) is 2.47. The first-order chi connectivity index (χ1) is 9.26. The molecule has 0 aliphatic carbocycles. The predicted molar refractivity (Wildman–Crippen MR) is 76.1 cm³/mol. The molecule has 4 heteroatoms. The van der Waals surface area contributed by atoms with Crippen molar-refractivity contribution in [2.75, 3.05) is 6.54 Å². The molecule has 0 saturated heterocycles. The lowest BCUT2D eigenvalue weighted by molar-refractivity contribution is 0.498. The molecule has 0 aliphatic heterocycles. The smallest absolute Gasteiger partial charge is 0.105 e. The second kappa shape index (κ2) is 6.57. The third-order valence-corrected chi connectivity index (χ3v) is 3.46. The normalized spacial score (nSPS) is 11.1. The lowest BCUT2D eigenvalue weighted by atomic mass is 10.1. The van der Waals surface area contributed by atoms with Crippen LogP contribution in [0.25, 0.3) is 0 Å². The average Bonchev–Trinajstić information content (AvgIpc) is 3.02. The zero-order valence-electron chi connectivity index (χ0n) is 12.1. The van der Waals surface area contributed by atoms with E-state index in [9.17, 15) is 0 Å². The van der Waals surface area contributed by atoms with Crippen molar-refractivity contribution in [3.05, 3.63) is 41.1 Å². The molecule has 0 amide bonds. The van der Waals surface area contributed by atoms with Crippen molar-refractivity contribution in [1.29, 1.82) is 0 Å². The number of nitrogens with zero attached hydrogens (tertiary/aromatic N) is 2. The van der Waals surface area contributed by atoms with E-state index in [1.807, 2.05) is 23.9 Å². The van der Waals surface area contributed by atoms with Crippen LogP contribution in [0.15, 0.2) is 22.8 Å². The zero-order chi connectivity index (χ0) is 13.7. The molecule has 0 aromatic carbocycles. The molecule has 2 aromatic rings. The molecular formula is C15H23N3O. The highest BCUT2D eigenvalue weighted by atomic mass is 16.3. The number of aryl methyl sites for hydroxylation is 2. The molecule has 0 spiro atoms. The van der Waals surface area contributed by atoms with Crippen LogP contribution >= 0.6 is 0 Å². The summed E-state index contributed by atoms with van der Waals surface area (Å²) in [6.45, 7) is 6.16. The molecular weight excluding hydrogens is 238 g/mol. The summed E-state index contributed by atoms with van der Waals surface area (Å²) in [4.78, 5) is 0. The van der Waals surface area contributed by atoms with Crippen LogP contribution < -0.4 is 5.32 Å². The minimum atomic E-state index is 0.890. The van der Waals surface area contributed by atoms with Crippen molar-refractivity contribution in [3.63, 3.8) is 0 Å². The third kappa shape index (κ3) is 3.26. The molecule has 19 heavy (non-hydrogen) atoms. The fourth-order valence-electron chi connectivity index (χ4n) is 2.47. The standard InChI is InChI=1S/C15H23N3O/c1-4-14-13(15(5-2)18(3)17-14)11-16-9-8-12-7-6-10-19-12/h6-7,10,16H,4-5,8-9,11H2,1-3H3. The van der Waals surface area contributed by atoms with Gasteiger partial charge in [-0.15, -0.1) is 0 Å². The summed E-state index contributed by atoms with van der Waals surface area (Å²) in [5, 5.41) is 8.08. The molecule has 2 heterocycles. The summed E-state index contributed by atoms with van der Waals surface area (Å²) in [6.07, 6.45) is 4.67. The van der Waals surface area contributed by atoms with Gasteiger partial charge in [0.05, 0.1) is 12.0 Å². The first kappa shape index (κ1) is 13.9. The third-order valence-electron chi connectivity index (χ3n) is 3.46. The van der Waals surface area contributed by atoms with Crippen molar-refractivity contribution in [2.24, 2.45) is 7.05 Å². The lowest BCUT2D eigenvalue weighted by Gasteiger charge is -2.06. The van der Waals surface area contributed by atoms with Gasteiger partial charge in [0, 0.05) is 37.8 Å². The highest BCUT2D eigenvalue weighted by Gasteiger charge is 2.12. The van der Waals surface area contributed by atoms with Gasteiger partial charge in [0.1, 0.15) is 5.76 Å². The van der Waals surface area contributed by atoms with E-state index in [1.54, 1.807) is 6.26 Å². The van der Waals surface area contributed by atoms with E-state index in [1.165, 1.54) is 17.0 Å². The Balaban J connectivity index is 1.91. The van der Waals surface area contributed by atoms with Gasteiger partial charge in [0.2, 0.25) is 0 Å². The van der Waals surface area contributed by atoms with Crippen molar-refractivity contribution in [1.82, 2.24) is 15.1 Å². The number of furan rings is 1. The van der Waals surface area contributed by atoms with Crippen LogP contribution in [0.3, 0.4) is 0 Å². The van der Waals surface area contributed by atoms with Crippen LogP contribution in [0.4, 0.5) is 0 Å². The Morgan fingerprint density at radius 3 is 2.79 bits per heavy atom. The van der Waals surface area contributed by atoms with E-state index in [2.05, 4.69) is 24.3 Å². The van der Waals surface area contributed by atoms with Gasteiger partial charge in [-0.2, -0.15) is 5.10 Å². The first-order valence-corrected chi connectivity index (χ1v) is 7.03.